The highest BCUT2D eigenvalue weighted by Gasteiger charge is 2.30. The van der Waals surface area contributed by atoms with E-state index in [-0.39, 0.29) is 6.10 Å². The van der Waals surface area contributed by atoms with E-state index in [1.54, 1.807) is 6.07 Å². The average Bonchev–Trinajstić information content (AvgIpc) is 2.39. The molecule has 2 rings (SSSR count). The number of ether oxygens (including phenoxy) is 1. The van der Waals surface area contributed by atoms with Gasteiger partial charge in [0, 0.05) is 19.7 Å². The minimum absolute atomic E-state index is 0.194. The van der Waals surface area contributed by atoms with Crippen molar-refractivity contribution >= 4 is 0 Å². The topological polar surface area (TPSA) is 21.3 Å². The Morgan fingerprint density at radius 3 is 2.79 bits per heavy atom. The molecule has 0 spiro atoms. The van der Waals surface area contributed by atoms with Crippen molar-refractivity contribution in [3.63, 3.8) is 0 Å². The highest BCUT2D eigenvalue weighted by Crippen LogP contribution is 2.29. The van der Waals surface area contributed by atoms with Gasteiger partial charge in [0.2, 0.25) is 0 Å². The van der Waals surface area contributed by atoms with Crippen LogP contribution >= 0.6 is 0 Å². The molecular formula is C14H18F3NO. The van der Waals surface area contributed by atoms with Crippen LogP contribution in [0, 0.1) is 0 Å². The van der Waals surface area contributed by atoms with Crippen LogP contribution in [0.1, 0.15) is 30.4 Å². The summed E-state index contributed by atoms with van der Waals surface area (Å²) >= 11 is 0. The maximum atomic E-state index is 12.5. The Balaban J connectivity index is 1.82. The van der Waals surface area contributed by atoms with Gasteiger partial charge in [-0.3, -0.25) is 0 Å². The van der Waals surface area contributed by atoms with E-state index < -0.39 is 11.7 Å². The molecule has 1 unspecified atom stereocenters. The van der Waals surface area contributed by atoms with E-state index in [2.05, 4.69) is 5.32 Å². The summed E-state index contributed by atoms with van der Waals surface area (Å²) < 4.78 is 43.2. The minimum atomic E-state index is -4.28. The van der Waals surface area contributed by atoms with Gasteiger partial charge in [0.05, 0.1) is 11.7 Å². The average molecular weight is 273 g/mol. The molecule has 0 bridgehead atoms. The third-order valence-electron chi connectivity index (χ3n) is 3.23. The van der Waals surface area contributed by atoms with Crippen LogP contribution in [0.5, 0.6) is 0 Å². The molecule has 1 aromatic carbocycles. The fourth-order valence-corrected chi connectivity index (χ4v) is 2.20. The van der Waals surface area contributed by atoms with Gasteiger partial charge in [0.15, 0.2) is 0 Å². The standard InChI is InChI=1S/C14H18F3NO/c15-14(16,17)12-5-3-4-11(8-12)9-18-10-13-6-1-2-7-19-13/h3-5,8,13,18H,1-2,6-7,9-10H2. The Kier molecular flexibility index (Phi) is 4.82. The molecule has 106 valence electrons. The molecule has 5 heteroatoms. The van der Waals surface area contributed by atoms with Gasteiger partial charge in [-0.1, -0.05) is 18.2 Å². The molecule has 1 aromatic rings. The molecule has 0 radical (unpaired) electrons. The van der Waals surface area contributed by atoms with Crippen molar-refractivity contribution in [2.75, 3.05) is 13.2 Å². The van der Waals surface area contributed by atoms with Gasteiger partial charge in [-0.05, 0) is 30.9 Å². The fraction of sp³-hybridized carbons (Fsp3) is 0.571. The summed E-state index contributed by atoms with van der Waals surface area (Å²) in [7, 11) is 0. The van der Waals surface area contributed by atoms with Crippen LogP contribution in [0.15, 0.2) is 24.3 Å². The predicted molar refractivity (Wildman–Crippen MR) is 66.7 cm³/mol. The quantitative estimate of drug-likeness (QED) is 0.908. The lowest BCUT2D eigenvalue weighted by molar-refractivity contribution is -0.137. The maximum absolute atomic E-state index is 12.5. The molecular weight excluding hydrogens is 255 g/mol. The van der Waals surface area contributed by atoms with Gasteiger partial charge in [0.25, 0.3) is 0 Å². The second-order valence-electron chi connectivity index (χ2n) is 4.82. The fourth-order valence-electron chi connectivity index (χ4n) is 2.20. The maximum Gasteiger partial charge on any atom is 0.416 e. The van der Waals surface area contributed by atoms with E-state index in [4.69, 9.17) is 4.74 Å². The van der Waals surface area contributed by atoms with Gasteiger partial charge in [0.1, 0.15) is 0 Å². The largest absolute Gasteiger partial charge is 0.416 e. The molecule has 1 fully saturated rings. The highest BCUT2D eigenvalue weighted by atomic mass is 19.4. The van der Waals surface area contributed by atoms with Crippen molar-refractivity contribution < 1.29 is 17.9 Å². The van der Waals surface area contributed by atoms with E-state index in [1.165, 1.54) is 12.1 Å². The molecule has 0 saturated carbocycles. The molecule has 1 heterocycles. The van der Waals surface area contributed by atoms with Crippen molar-refractivity contribution in [3.8, 4) is 0 Å². The first kappa shape index (κ1) is 14.3. The van der Waals surface area contributed by atoms with E-state index in [0.29, 0.717) is 18.7 Å². The van der Waals surface area contributed by atoms with Crippen molar-refractivity contribution in [2.24, 2.45) is 0 Å². The summed E-state index contributed by atoms with van der Waals surface area (Å²) in [5, 5.41) is 3.16. The zero-order valence-corrected chi connectivity index (χ0v) is 10.7. The van der Waals surface area contributed by atoms with Gasteiger partial charge in [-0.25, -0.2) is 0 Å². The molecule has 0 amide bonds. The Labute approximate surface area is 111 Å². The molecule has 1 aliphatic heterocycles. The zero-order valence-electron chi connectivity index (χ0n) is 10.7. The van der Waals surface area contributed by atoms with Crippen LogP contribution in [0.2, 0.25) is 0 Å². The number of nitrogens with one attached hydrogen (secondary N) is 1. The lowest BCUT2D eigenvalue weighted by Crippen LogP contribution is -2.31. The van der Waals surface area contributed by atoms with Gasteiger partial charge in [-0.15, -0.1) is 0 Å². The van der Waals surface area contributed by atoms with Crippen molar-refractivity contribution in [2.45, 2.75) is 38.1 Å². The third kappa shape index (κ3) is 4.51. The van der Waals surface area contributed by atoms with E-state index in [1.807, 2.05) is 0 Å². The van der Waals surface area contributed by atoms with E-state index in [9.17, 15) is 13.2 Å². The number of halogens is 3. The monoisotopic (exact) mass is 273 g/mol. The Hall–Kier alpha value is -1.07. The smallest absolute Gasteiger partial charge is 0.377 e. The summed E-state index contributed by atoms with van der Waals surface area (Å²) in [5.41, 5.74) is 0.0475. The molecule has 1 atom stereocenters. The molecule has 0 aliphatic carbocycles. The van der Waals surface area contributed by atoms with E-state index in [0.717, 1.165) is 31.9 Å². The molecule has 0 aromatic heterocycles. The van der Waals surface area contributed by atoms with Crippen molar-refractivity contribution in [1.29, 1.82) is 0 Å². The Morgan fingerprint density at radius 2 is 2.11 bits per heavy atom. The molecule has 1 aliphatic rings. The highest BCUT2D eigenvalue weighted by molar-refractivity contribution is 5.25. The zero-order chi connectivity index (χ0) is 13.7. The van der Waals surface area contributed by atoms with Crippen LogP contribution in [0.25, 0.3) is 0 Å². The van der Waals surface area contributed by atoms with Crippen LogP contribution in [-0.4, -0.2) is 19.3 Å². The normalized spacial score (nSPS) is 20.5. The Morgan fingerprint density at radius 1 is 1.26 bits per heavy atom. The summed E-state index contributed by atoms with van der Waals surface area (Å²) in [6.45, 7) is 1.91. The first-order chi connectivity index (χ1) is 9.05. The van der Waals surface area contributed by atoms with Crippen LogP contribution < -0.4 is 5.32 Å². The SMILES string of the molecule is FC(F)(F)c1cccc(CNCC2CCCCO2)c1. The lowest BCUT2D eigenvalue weighted by atomic mass is 10.1. The number of alkyl halides is 3. The second kappa shape index (κ2) is 6.39. The second-order valence-corrected chi connectivity index (χ2v) is 4.82. The van der Waals surface area contributed by atoms with Crippen molar-refractivity contribution in [3.05, 3.63) is 35.4 Å². The number of rotatable bonds is 4. The summed E-state index contributed by atoms with van der Waals surface area (Å²) in [4.78, 5) is 0. The van der Waals surface area contributed by atoms with Gasteiger partial charge in [-0.2, -0.15) is 13.2 Å². The van der Waals surface area contributed by atoms with E-state index >= 15 is 0 Å². The van der Waals surface area contributed by atoms with Crippen LogP contribution in [0.4, 0.5) is 13.2 Å². The molecule has 19 heavy (non-hydrogen) atoms. The number of hydrogen-bond donors (Lipinski definition) is 1. The van der Waals surface area contributed by atoms with Crippen molar-refractivity contribution in [1.82, 2.24) is 5.32 Å². The minimum Gasteiger partial charge on any atom is -0.377 e. The summed E-state index contributed by atoms with van der Waals surface area (Å²) in [6.07, 6.45) is -0.794. The molecule has 2 nitrogen and oxygen atoms in total. The summed E-state index contributed by atoms with van der Waals surface area (Å²) in [5.74, 6) is 0. The molecule has 1 N–H and O–H groups in total. The third-order valence-corrected chi connectivity index (χ3v) is 3.23. The van der Waals surface area contributed by atoms with Crippen LogP contribution in [-0.2, 0) is 17.5 Å². The molecule has 1 saturated heterocycles. The van der Waals surface area contributed by atoms with Gasteiger partial charge < -0.3 is 10.1 Å². The van der Waals surface area contributed by atoms with Gasteiger partial charge >= 0.3 is 6.18 Å². The Bertz CT molecular complexity index is 400. The summed E-state index contributed by atoms with van der Waals surface area (Å²) in [6, 6.07) is 5.42. The van der Waals surface area contributed by atoms with Crippen LogP contribution in [0.3, 0.4) is 0 Å². The lowest BCUT2D eigenvalue weighted by Gasteiger charge is -2.22. The first-order valence-corrected chi connectivity index (χ1v) is 6.54. The predicted octanol–water partition coefficient (Wildman–Crippen LogP) is 3.36. The number of hydrogen-bond acceptors (Lipinski definition) is 2. The number of benzene rings is 1. The first-order valence-electron chi connectivity index (χ1n) is 6.54.